The van der Waals surface area contributed by atoms with Crippen molar-refractivity contribution in [3.63, 3.8) is 0 Å². The number of hydrogen-bond donors (Lipinski definition) is 3. The monoisotopic (exact) mass is 277 g/mol. The molecule has 1 rings (SSSR count). The number of nitrogens with one attached hydrogen (secondary N) is 3. The maximum atomic E-state index is 11.6. The van der Waals surface area contributed by atoms with E-state index in [1.807, 2.05) is 0 Å². The molecule has 0 aromatic heterocycles. The molecule has 106 valence electrons. The van der Waals surface area contributed by atoms with Crippen molar-refractivity contribution in [3.8, 4) is 0 Å². The molecule has 0 spiro atoms. The Hall–Kier alpha value is -0.660. The first-order valence-electron chi connectivity index (χ1n) is 6.42. The van der Waals surface area contributed by atoms with Gasteiger partial charge >= 0.3 is 0 Å². The minimum absolute atomic E-state index is 0.0127. The van der Waals surface area contributed by atoms with Crippen molar-refractivity contribution in [1.29, 1.82) is 0 Å². The third-order valence-electron chi connectivity index (χ3n) is 2.92. The van der Waals surface area contributed by atoms with E-state index < -0.39 is 10.0 Å². The van der Waals surface area contributed by atoms with E-state index in [2.05, 4.69) is 15.4 Å². The van der Waals surface area contributed by atoms with Gasteiger partial charge in [0.05, 0.1) is 12.8 Å². The molecule has 1 fully saturated rings. The van der Waals surface area contributed by atoms with Crippen molar-refractivity contribution < 1.29 is 13.2 Å². The Bertz CT molecular complexity index is 351. The van der Waals surface area contributed by atoms with Gasteiger partial charge in [-0.25, -0.2) is 13.1 Å². The fraction of sp³-hybridized carbons (Fsp3) is 0.909. The van der Waals surface area contributed by atoms with Crippen LogP contribution in [0, 0.1) is 0 Å². The van der Waals surface area contributed by atoms with Crippen molar-refractivity contribution in [3.05, 3.63) is 0 Å². The standard InChI is InChI=1S/C11H23N3O3S/c1-18(16,17)13-8-7-12-9-11(15)14-10-5-3-2-4-6-10/h10,12-13H,2-9H2,1H3,(H,14,15). The molecule has 7 heteroatoms. The molecule has 1 aliphatic rings. The number of carbonyl (C=O) groups is 1. The van der Waals surface area contributed by atoms with E-state index in [1.54, 1.807) is 0 Å². The first-order valence-corrected chi connectivity index (χ1v) is 8.31. The molecule has 1 aliphatic carbocycles. The molecule has 1 saturated carbocycles. The molecule has 0 aromatic rings. The lowest BCUT2D eigenvalue weighted by atomic mass is 9.95. The van der Waals surface area contributed by atoms with Gasteiger partial charge in [-0.2, -0.15) is 0 Å². The molecule has 0 unspecified atom stereocenters. The summed E-state index contributed by atoms with van der Waals surface area (Å²) in [6, 6.07) is 0.321. The summed E-state index contributed by atoms with van der Waals surface area (Å²) in [5.41, 5.74) is 0. The Morgan fingerprint density at radius 3 is 2.44 bits per heavy atom. The van der Waals surface area contributed by atoms with Crippen molar-refractivity contribution in [2.24, 2.45) is 0 Å². The Morgan fingerprint density at radius 2 is 1.83 bits per heavy atom. The van der Waals surface area contributed by atoms with E-state index in [1.165, 1.54) is 19.3 Å². The molecule has 0 saturated heterocycles. The van der Waals surface area contributed by atoms with Crippen LogP contribution >= 0.6 is 0 Å². The van der Waals surface area contributed by atoms with Crippen molar-refractivity contribution in [1.82, 2.24) is 15.4 Å². The summed E-state index contributed by atoms with van der Waals surface area (Å²) in [6.07, 6.45) is 6.90. The van der Waals surface area contributed by atoms with Gasteiger partial charge in [0.15, 0.2) is 0 Å². The lowest BCUT2D eigenvalue weighted by molar-refractivity contribution is -0.121. The van der Waals surface area contributed by atoms with Crippen LogP contribution in [0.15, 0.2) is 0 Å². The van der Waals surface area contributed by atoms with Crippen LogP contribution in [0.5, 0.6) is 0 Å². The largest absolute Gasteiger partial charge is 0.352 e. The molecule has 3 N–H and O–H groups in total. The van der Waals surface area contributed by atoms with Gasteiger partial charge in [0.25, 0.3) is 0 Å². The minimum atomic E-state index is -3.14. The summed E-state index contributed by atoms with van der Waals surface area (Å²) >= 11 is 0. The van der Waals surface area contributed by atoms with Crippen LogP contribution in [0.4, 0.5) is 0 Å². The smallest absolute Gasteiger partial charge is 0.234 e. The molecule has 0 bridgehead atoms. The van der Waals surface area contributed by atoms with Crippen LogP contribution in [0.1, 0.15) is 32.1 Å². The zero-order valence-corrected chi connectivity index (χ0v) is 11.7. The highest BCUT2D eigenvalue weighted by atomic mass is 32.2. The number of carbonyl (C=O) groups excluding carboxylic acids is 1. The molecular formula is C11H23N3O3S. The van der Waals surface area contributed by atoms with Gasteiger partial charge in [0.1, 0.15) is 0 Å². The van der Waals surface area contributed by atoms with Crippen molar-refractivity contribution in [2.75, 3.05) is 25.9 Å². The number of amides is 1. The van der Waals surface area contributed by atoms with Gasteiger partial charge in [-0.15, -0.1) is 0 Å². The van der Waals surface area contributed by atoms with E-state index in [-0.39, 0.29) is 12.5 Å². The first-order chi connectivity index (χ1) is 8.47. The summed E-state index contributed by atoms with van der Waals surface area (Å²) in [4.78, 5) is 11.6. The molecular weight excluding hydrogens is 254 g/mol. The zero-order chi connectivity index (χ0) is 13.4. The summed E-state index contributed by atoms with van der Waals surface area (Å²) in [5.74, 6) is -0.0127. The highest BCUT2D eigenvalue weighted by Gasteiger charge is 2.14. The quantitative estimate of drug-likeness (QED) is 0.551. The van der Waals surface area contributed by atoms with Gasteiger partial charge in [0.2, 0.25) is 15.9 Å². The van der Waals surface area contributed by atoms with E-state index in [0.29, 0.717) is 19.1 Å². The SMILES string of the molecule is CS(=O)(=O)NCCNCC(=O)NC1CCCCC1. The lowest BCUT2D eigenvalue weighted by Gasteiger charge is -2.22. The Kier molecular flexibility index (Phi) is 6.59. The Morgan fingerprint density at radius 1 is 1.17 bits per heavy atom. The van der Waals surface area contributed by atoms with Crippen LogP contribution in [-0.4, -0.2) is 46.3 Å². The van der Waals surface area contributed by atoms with E-state index in [0.717, 1.165) is 19.1 Å². The lowest BCUT2D eigenvalue weighted by Crippen LogP contribution is -2.42. The van der Waals surface area contributed by atoms with E-state index in [4.69, 9.17) is 0 Å². The fourth-order valence-corrected chi connectivity index (χ4v) is 2.53. The summed E-state index contributed by atoms with van der Waals surface area (Å²) < 4.78 is 23.9. The minimum Gasteiger partial charge on any atom is -0.352 e. The third-order valence-corrected chi connectivity index (χ3v) is 3.65. The van der Waals surface area contributed by atoms with Gasteiger partial charge in [-0.3, -0.25) is 4.79 Å². The first kappa shape index (κ1) is 15.4. The summed E-state index contributed by atoms with van der Waals surface area (Å²) in [7, 11) is -3.14. The molecule has 6 nitrogen and oxygen atoms in total. The average molecular weight is 277 g/mol. The van der Waals surface area contributed by atoms with Crippen molar-refractivity contribution >= 4 is 15.9 Å². The summed E-state index contributed by atoms with van der Waals surface area (Å²) in [6.45, 7) is 0.989. The second-order valence-electron chi connectivity index (χ2n) is 4.75. The second-order valence-corrected chi connectivity index (χ2v) is 6.58. The predicted molar refractivity (Wildman–Crippen MR) is 70.7 cm³/mol. The molecule has 18 heavy (non-hydrogen) atoms. The average Bonchev–Trinajstić information content (AvgIpc) is 2.28. The summed E-state index contributed by atoms with van der Waals surface area (Å²) in [5, 5.41) is 5.89. The molecule has 0 radical (unpaired) electrons. The molecule has 1 amide bonds. The second kappa shape index (κ2) is 7.70. The van der Waals surface area contributed by atoms with Crippen LogP contribution in [-0.2, 0) is 14.8 Å². The highest BCUT2D eigenvalue weighted by molar-refractivity contribution is 7.88. The number of sulfonamides is 1. The molecule has 0 atom stereocenters. The zero-order valence-electron chi connectivity index (χ0n) is 10.9. The third kappa shape index (κ3) is 7.62. The Balaban J connectivity index is 2.03. The maximum Gasteiger partial charge on any atom is 0.234 e. The molecule has 0 aliphatic heterocycles. The van der Waals surface area contributed by atoms with Gasteiger partial charge < -0.3 is 10.6 Å². The molecule has 0 aromatic carbocycles. The highest BCUT2D eigenvalue weighted by Crippen LogP contribution is 2.16. The van der Waals surface area contributed by atoms with Gasteiger partial charge in [0, 0.05) is 19.1 Å². The van der Waals surface area contributed by atoms with Crippen LogP contribution in [0.3, 0.4) is 0 Å². The van der Waals surface area contributed by atoms with Gasteiger partial charge in [-0.05, 0) is 12.8 Å². The van der Waals surface area contributed by atoms with Crippen LogP contribution in [0.2, 0.25) is 0 Å². The number of hydrogen-bond acceptors (Lipinski definition) is 4. The maximum absolute atomic E-state index is 11.6. The van der Waals surface area contributed by atoms with E-state index in [9.17, 15) is 13.2 Å². The van der Waals surface area contributed by atoms with Gasteiger partial charge in [-0.1, -0.05) is 19.3 Å². The van der Waals surface area contributed by atoms with Crippen molar-refractivity contribution in [2.45, 2.75) is 38.1 Å². The van der Waals surface area contributed by atoms with Crippen LogP contribution < -0.4 is 15.4 Å². The fourth-order valence-electron chi connectivity index (χ4n) is 2.05. The van der Waals surface area contributed by atoms with Crippen LogP contribution in [0.25, 0.3) is 0 Å². The topological polar surface area (TPSA) is 87.3 Å². The normalized spacial score (nSPS) is 17.6. The molecule has 0 heterocycles. The predicted octanol–water partition coefficient (Wildman–Crippen LogP) is -0.426. The number of rotatable bonds is 7. The Labute approximate surface area is 109 Å². The van der Waals surface area contributed by atoms with E-state index >= 15 is 0 Å².